The third kappa shape index (κ3) is 13.8. The van der Waals surface area contributed by atoms with E-state index in [1.165, 1.54) is 0 Å². The number of nitrogens with one attached hydrogen (secondary N) is 1. The van der Waals surface area contributed by atoms with E-state index < -0.39 is 17.6 Å². The van der Waals surface area contributed by atoms with Crippen molar-refractivity contribution in [2.24, 2.45) is 0 Å². The molecule has 0 radical (unpaired) electrons. The van der Waals surface area contributed by atoms with Gasteiger partial charge in [-0.2, -0.15) is 0 Å². The molecule has 29 heavy (non-hydrogen) atoms. The minimum atomic E-state index is -2.51. The van der Waals surface area contributed by atoms with Gasteiger partial charge in [0.15, 0.2) is 0 Å². The molecule has 1 N–H and O–H groups in total. The van der Waals surface area contributed by atoms with E-state index in [1.807, 2.05) is 52.3 Å². The van der Waals surface area contributed by atoms with Gasteiger partial charge in [-0.05, 0) is 65.4 Å². The molecule has 0 aliphatic rings. The molecule has 0 heterocycles. The van der Waals surface area contributed by atoms with E-state index in [1.54, 1.807) is 11.0 Å². The van der Waals surface area contributed by atoms with Crippen LogP contribution >= 0.6 is 21.8 Å². The molecule has 0 aromatic carbocycles. The van der Waals surface area contributed by atoms with E-state index in [0.717, 1.165) is 37.2 Å². The van der Waals surface area contributed by atoms with Crippen LogP contribution in [0.15, 0.2) is 0 Å². The van der Waals surface area contributed by atoms with Gasteiger partial charge >= 0.3 is 17.6 Å². The average molecular weight is 490 g/mol. The topological polar surface area (TPSA) is 67.4 Å². The summed E-state index contributed by atoms with van der Waals surface area (Å²) in [5.74, 6) is 1.02. The van der Waals surface area contributed by atoms with Crippen LogP contribution in [0.4, 0.5) is 0 Å². The van der Waals surface area contributed by atoms with Crippen molar-refractivity contribution in [3.05, 3.63) is 0 Å². The van der Waals surface area contributed by atoms with Crippen molar-refractivity contribution in [1.29, 1.82) is 0 Å². The van der Waals surface area contributed by atoms with Gasteiger partial charge in [-0.3, -0.25) is 4.72 Å². The minimum absolute atomic E-state index is 0.625. The van der Waals surface area contributed by atoms with Crippen molar-refractivity contribution in [3.63, 3.8) is 0 Å². The van der Waals surface area contributed by atoms with E-state index in [-0.39, 0.29) is 0 Å². The van der Waals surface area contributed by atoms with Gasteiger partial charge < -0.3 is 26.6 Å². The normalized spacial score (nSPS) is 12.6. The molecule has 11 heteroatoms. The highest BCUT2D eigenvalue weighted by molar-refractivity contribution is 8.76. The first-order chi connectivity index (χ1) is 14.1. The summed E-state index contributed by atoms with van der Waals surface area (Å²) in [5.41, 5.74) is 0. The van der Waals surface area contributed by atoms with Crippen molar-refractivity contribution in [2.45, 2.75) is 66.5 Å². The second-order valence-electron chi connectivity index (χ2n) is 5.97. The lowest BCUT2D eigenvalue weighted by molar-refractivity contribution is 0.0703. The molecular formula is C18H43NO6S2Si2. The fraction of sp³-hybridized carbons (Fsp3) is 1.00. The van der Waals surface area contributed by atoms with E-state index in [9.17, 15) is 0 Å². The first kappa shape index (κ1) is 29.9. The second kappa shape index (κ2) is 19.5. The lowest BCUT2D eigenvalue weighted by Gasteiger charge is -2.28. The molecule has 0 aliphatic carbocycles. The Balaban J connectivity index is 4.05. The fourth-order valence-electron chi connectivity index (χ4n) is 2.85. The lowest BCUT2D eigenvalue weighted by Crippen LogP contribution is -2.46. The zero-order chi connectivity index (χ0) is 21.8. The molecule has 0 saturated carbocycles. The molecule has 0 aromatic rings. The van der Waals surface area contributed by atoms with Gasteiger partial charge in [0, 0.05) is 64.0 Å². The molecule has 0 aromatic heterocycles. The molecule has 0 unspecified atom stereocenters. The summed E-state index contributed by atoms with van der Waals surface area (Å²) in [6.45, 7) is 16.6. The molecule has 0 spiro atoms. The fourth-order valence-corrected chi connectivity index (χ4v) is 10.1. The predicted octanol–water partition coefficient (Wildman–Crippen LogP) is 4.75. The van der Waals surface area contributed by atoms with Gasteiger partial charge in [-0.15, -0.1) is 0 Å². The molecule has 0 saturated heterocycles. The van der Waals surface area contributed by atoms with Crippen LogP contribution in [-0.4, -0.2) is 69.5 Å². The summed E-state index contributed by atoms with van der Waals surface area (Å²) in [6, 6.07) is 1.70. The van der Waals surface area contributed by atoms with Crippen molar-refractivity contribution in [1.82, 2.24) is 4.72 Å². The van der Waals surface area contributed by atoms with Crippen LogP contribution in [-0.2, 0) is 26.6 Å². The third-order valence-corrected chi connectivity index (χ3v) is 12.2. The summed E-state index contributed by atoms with van der Waals surface area (Å²) in [5, 5.41) is 0. The van der Waals surface area contributed by atoms with Crippen molar-refractivity contribution in [3.8, 4) is 0 Å². The predicted molar refractivity (Wildman–Crippen MR) is 128 cm³/mol. The van der Waals surface area contributed by atoms with Crippen LogP contribution in [0, 0.1) is 0 Å². The van der Waals surface area contributed by atoms with Gasteiger partial charge in [0.1, 0.15) is 0 Å². The van der Waals surface area contributed by atoms with Crippen LogP contribution in [0.25, 0.3) is 0 Å². The zero-order valence-electron chi connectivity index (χ0n) is 19.3. The van der Waals surface area contributed by atoms with E-state index in [0.29, 0.717) is 39.6 Å². The standard InChI is InChI=1S/C18H43NO6S2Si2/c1-7-20-28(21-8-2,22-9-3)17-13-15-19-27-26-16-14-18-29(23-10-4,24-11-5)25-12-6/h19H,7-18H2,1-6H3. The molecule has 176 valence electrons. The first-order valence-electron chi connectivity index (χ1n) is 10.9. The summed E-state index contributed by atoms with van der Waals surface area (Å²) >= 11 is 0. The summed E-state index contributed by atoms with van der Waals surface area (Å²) in [7, 11) is -1.51. The molecule has 0 atom stereocenters. The molecule has 0 bridgehead atoms. The molecule has 7 nitrogen and oxygen atoms in total. The maximum Gasteiger partial charge on any atom is 0.500 e. The monoisotopic (exact) mass is 489 g/mol. The van der Waals surface area contributed by atoms with Crippen LogP contribution < -0.4 is 4.72 Å². The minimum Gasteiger partial charge on any atom is -0.374 e. The zero-order valence-corrected chi connectivity index (χ0v) is 22.9. The first-order valence-corrected chi connectivity index (χ1v) is 17.1. The number of hydrogen-bond donors (Lipinski definition) is 1. The van der Waals surface area contributed by atoms with Gasteiger partial charge in [0.05, 0.1) is 0 Å². The summed E-state index contributed by atoms with van der Waals surface area (Å²) < 4.78 is 38.7. The Hall–Kier alpha value is 0.854. The van der Waals surface area contributed by atoms with Gasteiger partial charge in [-0.25, -0.2) is 0 Å². The number of hydrogen-bond acceptors (Lipinski definition) is 9. The highest BCUT2D eigenvalue weighted by atomic mass is 33.1. The Morgan fingerprint density at radius 2 is 0.966 bits per heavy atom. The van der Waals surface area contributed by atoms with Crippen LogP contribution in [0.1, 0.15) is 54.4 Å². The largest absolute Gasteiger partial charge is 0.500 e. The Labute approximate surface area is 188 Å². The van der Waals surface area contributed by atoms with E-state index in [2.05, 4.69) is 4.72 Å². The van der Waals surface area contributed by atoms with Crippen LogP contribution in [0.5, 0.6) is 0 Å². The Kier molecular flexibility index (Phi) is 20.1. The van der Waals surface area contributed by atoms with E-state index in [4.69, 9.17) is 26.6 Å². The maximum atomic E-state index is 5.89. The Morgan fingerprint density at radius 3 is 1.34 bits per heavy atom. The van der Waals surface area contributed by atoms with Crippen LogP contribution in [0.2, 0.25) is 12.1 Å². The van der Waals surface area contributed by atoms with Gasteiger partial charge in [0.2, 0.25) is 0 Å². The molecule has 0 aliphatic heterocycles. The van der Waals surface area contributed by atoms with Crippen molar-refractivity contribution >= 4 is 39.4 Å². The number of rotatable bonds is 22. The van der Waals surface area contributed by atoms with Gasteiger partial charge in [0.25, 0.3) is 0 Å². The summed E-state index contributed by atoms with van der Waals surface area (Å²) in [4.78, 5) is 0. The second-order valence-corrected chi connectivity index (χ2v) is 13.7. The SMILES string of the molecule is CCO[Si](CCCNSSCCC[Si](OCC)(OCC)OCC)(OCC)OCC. The summed E-state index contributed by atoms with van der Waals surface area (Å²) in [6.07, 6.45) is 1.98. The third-order valence-electron chi connectivity index (χ3n) is 3.78. The quantitative estimate of drug-likeness (QED) is 0.100. The van der Waals surface area contributed by atoms with Crippen molar-refractivity contribution in [2.75, 3.05) is 51.9 Å². The maximum absolute atomic E-state index is 5.89. The van der Waals surface area contributed by atoms with Crippen molar-refractivity contribution < 1.29 is 26.6 Å². The molecule has 0 rings (SSSR count). The average Bonchev–Trinajstić information content (AvgIpc) is 2.68. The highest BCUT2D eigenvalue weighted by Gasteiger charge is 2.40. The molecule has 0 amide bonds. The molecule has 0 fully saturated rings. The van der Waals surface area contributed by atoms with Crippen LogP contribution in [0.3, 0.4) is 0 Å². The highest BCUT2D eigenvalue weighted by Crippen LogP contribution is 2.24. The molecular weight excluding hydrogens is 447 g/mol. The Bertz CT molecular complexity index is 309. The lowest BCUT2D eigenvalue weighted by atomic mass is 10.5. The Morgan fingerprint density at radius 1 is 0.586 bits per heavy atom. The van der Waals surface area contributed by atoms with E-state index >= 15 is 0 Å². The smallest absolute Gasteiger partial charge is 0.374 e. The van der Waals surface area contributed by atoms with Gasteiger partial charge in [-0.1, -0.05) is 10.8 Å².